The summed E-state index contributed by atoms with van der Waals surface area (Å²) < 4.78 is 50.1. The Labute approximate surface area is 256 Å². The molecule has 0 N–H and O–H groups in total. The van der Waals surface area contributed by atoms with E-state index in [1.54, 1.807) is 24.3 Å². The number of Topliss-reactive ketones (excluding diaryl/α,β-unsaturated/α-hetero) is 1. The number of aryl methyl sites for hydroxylation is 1. The number of hydrogen-bond donors (Lipinski definition) is 0. The van der Waals surface area contributed by atoms with E-state index in [0.29, 0.717) is 45.9 Å². The number of benzene rings is 3. The van der Waals surface area contributed by atoms with Crippen molar-refractivity contribution in [1.29, 1.82) is 0 Å². The second-order valence-electron chi connectivity index (χ2n) is 9.46. The highest BCUT2D eigenvalue weighted by Gasteiger charge is 2.30. The van der Waals surface area contributed by atoms with Crippen molar-refractivity contribution in [3.8, 4) is 16.2 Å². The normalized spacial score (nSPS) is 12.1. The van der Waals surface area contributed by atoms with Crippen LogP contribution in [0.3, 0.4) is 0 Å². The zero-order valence-corrected chi connectivity index (χ0v) is 24.9. The lowest BCUT2D eigenvalue weighted by atomic mass is 10.1. The van der Waals surface area contributed by atoms with Crippen molar-refractivity contribution in [2.75, 3.05) is 6.61 Å². The number of alkyl halides is 3. The Hall–Kier alpha value is -3.33. The Kier molecular flexibility index (Phi) is 10.7. The maximum atomic E-state index is 12.9. The molecule has 0 spiro atoms. The lowest BCUT2D eigenvalue weighted by molar-refractivity contribution is -0.146. The van der Waals surface area contributed by atoms with E-state index >= 15 is 0 Å². The average molecular weight is 636 g/mol. The van der Waals surface area contributed by atoms with Gasteiger partial charge in [0.1, 0.15) is 17.4 Å². The van der Waals surface area contributed by atoms with Gasteiger partial charge in [-0.25, -0.2) is 0 Å². The van der Waals surface area contributed by atoms with Gasteiger partial charge < -0.3 is 9.47 Å². The number of esters is 1. The van der Waals surface area contributed by atoms with Crippen LogP contribution < -0.4 is 4.74 Å². The molecule has 0 aliphatic rings. The number of carbonyl (C=O) groups is 2. The maximum Gasteiger partial charge on any atom is 0.416 e. The molecule has 0 bridgehead atoms. The SMILES string of the molecule is CCCC(=O)OCC(Oc1ccc(CCC(=O)c2ccc(-c3ccc(C(F)(F)F)cc3)s2)c(Cl)c1Cl)c1ccccc1. The monoisotopic (exact) mass is 634 g/mol. The molecule has 1 heterocycles. The molecular weight excluding hydrogens is 608 g/mol. The summed E-state index contributed by atoms with van der Waals surface area (Å²) >= 11 is 14.4. The van der Waals surface area contributed by atoms with Gasteiger partial charge >= 0.3 is 12.1 Å². The minimum atomic E-state index is -4.41. The van der Waals surface area contributed by atoms with Crippen molar-refractivity contribution >= 4 is 46.3 Å². The molecule has 1 unspecified atom stereocenters. The third-order valence-electron chi connectivity index (χ3n) is 6.42. The molecule has 0 aliphatic heterocycles. The van der Waals surface area contributed by atoms with Crippen molar-refractivity contribution < 1.29 is 32.2 Å². The molecule has 4 rings (SSSR count). The first-order valence-electron chi connectivity index (χ1n) is 13.2. The van der Waals surface area contributed by atoms with Crippen LogP contribution in [-0.4, -0.2) is 18.4 Å². The van der Waals surface area contributed by atoms with Gasteiger partial charge in [-0.1, -0.05) is 78.7 Å². The van der Waals surface area contributed by atoms with Gasteiger partial charge in [0.15, 0.2) is 11.9 Å². The molecule has 4 nitrogen and oxygen atoms in total. The Balaban J connectivity index is 1.41. The quantitative estimate of drug-likeness (QED) is 0.115. The van der Waals surface area contributed by atoms with Gasteiger partial charge in [0.2, 0.25) is 0 Å². The predicted molar refractivity (Wildman–Crippen MR) is 160 cm³/mol. The van der Waals surface area contributed by atoms with Crippen LogP contribution in [-0.2, 0) is 22.1 Å². The molecule has 0 amide bonds. The highest BCUT2D eigenvalue weighted by molar-refractivity contribution is 7.17. The smallest absolute Gasteiger partial charge is 0.416 e. The van der Waals surface area contributed by atoms with E-state index < -0.39 is 17.8 Å². The third kappa shape index (κ3) is 8.15. The van der Waals surface area contributed by atoms with E-state index in [2.05, 4.69) is 0 Å². The van der Waals surface area contributed by atoms with Crippen LogP contribution in [0.15, 0.2) is 78.9 Å². The maximum absolute atomic E-state index is 12.9. The van der Waals surface area contributed by atoms with Crippen LogP contribution in [0.1, 0.15) is 58.7 Å². The van der Waals surface area contributed by atoms with Gasteiger partial charge in [0.05, 0.1) is 15.5 Å². The van der Waals surface area contributed by atoms with E-state index in [1.807, 2.05) is 37.3 Å². The van der Waals surface area contributed by atoms with Gasteiger partial charge in [-0.15, -0.1) is 11.3 Å². The zero-order chi connectivity index (χ0) is 30.3. The van der Waals surface area contributed by atoms with E-state index in [0.717, 1.165) is 17.7 Å². The fourth-order valence-electron chi connectivity index (χ4n) is 4.16. The number of carbonyl (C=O) groups excluding carboxylic acids is 2. The van der Waals surface area contributed by atoms with Crippen molar-refractivity contribution in [3.05, 3.63) is 110 Å². The Morgan fingerprint density at radius 3 is 2.26 bits per heavy atom. The van der Waals surface area contributed by atoms with E-state index in [-0.39, 0.29) is 34.8 Å². The van der Waals surface area contributed by atoms with E-state index in [4.69, 9.17) is 32.7 Å². The molecule has 0 saturated carbocycles. The summed E-state index contributed by atoms with van der Waals surface area (Å²) in [5, 5.41) is 0.441. The molecule has 3 aromatic carbocycles. The van der Waals surface area contributed by atoms with Crippen LogP contribution in [0.2, 0.25) is 10.0 Å². The summed E-state index contributed by atoms with van der Waals surface area (Å²) in [5.41, 5.74) is 1.34. The number of hydrogen-bond acceptors (Lipinski definition) is 5. The third-order valence-corrected chi connectivity index (χ3v) is 8.50. The fraction of sp³-hybridized carbons (Fsp3) is 0.250. The Morgan fingerprint density at radius 1 is 0.881 bits per heavy atom. The summed E-state index contributed by atoms with van der Waals surface area (Å²) in [6, 6.07) is 20.9. The highest BCUT2D eigenvalue weighted by atomic mass is 35.5. The summed E-state index contributed by atoms with van der Waals surface area (Å²) in [5.74, 6) is -0.122. The first-order chi connectivity index (χ1) is 20.1. The molecule has 220 valence electrons. The van der Waals surface area contributed by atoms with Crippen LogP contribution in [0.5, 0.6) is 5.75 Å². The van der Waals surface area contributed by atoms with Crippen LogP contribution in [0.4, 0.5) is 13.2 Å². The van der Waals surface area contributed by atoms with Gasteiger partial charge in [-0.05, 0) is 59.9 Å². The molecule has 10 heteroatoms. The van der Waals surface area contributed by atoms with E-state index in [1.165, 1.54) is 23.5 Å². The summed E-state index contributed by atoms with van der Waals surface area (Å²) in [6.45, 7) is 1.90. The molecule has 0 radical (unpaired) electrons. The first kappa shape index (κ1) is 31.6. The molecule has 0 aliphatic carbocycles. The summed E-state index contributed by atoms with van der Waals surface area (Å²) in [7, 11) is 0. The van der Waals surface area contributed by atoms with Crippen molar-refractivity contribution in [2.45, 2.75) is 44.9 Å². The van der Waals surface area contributed by atoms with Crippen LogP contribution in [0.25, 0.3) is 10.4 Å². The second kappa shape index (κ2) is 14.2. The minimum absolute atomic E-state index is 0.00230. The topological polar surface area (TPSA) is 52.6 Å². The standard InChI is InChI=1S/C32H27Cl2F3O4S/c1-2-6-29(39)40-19-26(20-7-4-3-5-8-20)41-25-16-12-22(30(33)31(25)34)11-15-24(38)28-18-17-27(42-28)21-9-13-23(14-10-21)32(35,36)37/h3-5,7-10,12-14,16-18,26H,2,6,11,15,19H2,1H3. The molecular formula is C32H27Cl2F3O4S. The van der Waals surface area contributed by atoms with Gasteiger partial charge in [0, 0.05) is 17.7 Å². The number of halogens is 5. The average Bonchev–Trinajstić information content (AvgIpc) is 3.48. The van der Waals surface area contributed by atoms with Gasteiger partial charge in [-0.3, -0.25) is 9.59 Å². The van der Waals surface area contributed by atoms with Crippen molar-refractivity contribution in [3.63, 3.8) is 0 Å². The van der Waals surface area contributed by atoms with E-state index in [9.17, 15) is 22.8 Å². The second-order valence-corrected chi connectivity index (χ2v) is 11.3. The molecule has 1 aromatic heterocycles. The number of ketones is 1. The molecule has 42 heavy (non-hydrogen) atoms. The van der Waals surface area contributed by atoms with Crippen LogP contribution >= 0.6 is 34.5 Å². The Morgan fingerprint density at radius 2 is 1.60 bits per heavy atom. The first-order valence-corrected chi connectivity index (χ1v) is 14.8. The van der Waals surface area contributed by atoms with Crippen molar-refractivity contribution in [2.24, 2.45) is 0 Å². The predicted octanol–water partition coefficient (Wildman–Crippen LogP) is 10.0. The zero-order valence-electron chi connectivity index (χ0n) is 22.5. The van der Waals surface area contributed by atoms with Crippen LogP contribution in [0, 0.1) is 0 Å². The minimum Gasteiger partial charge on any atom is -0.481 e. The molecule has 4 aromatic rings. The number of rotatable bonds is 12. The fourth-order valence-corrected chi connectivity index (χ4v) is 5.62. The lowest BCUT2D eigenvalue weighted by Gasteiger charge is -2.21. The Bertz CT molecular complexity index is 1520. The molecule has 1 atom stereocenters. The van der Waals surface area contributed by atoms with Gasteiger partial charge in [-0.2, -0.15) is 13.2 Å². The summed E-state index contributed by atoms with van der Waals surface area (Å²) in [4.78, 5) is 26.1. The van der Waals surface area contributed by atoms with Crippen molar-refractivity contribution in [1.82, 2.24) is 0 Å². The summed E-state index contributed by atoms with van der Waals surface area (Å²) in [6.07, 6.45) is -3.55. The lowest BCUT2D eigenvalue weighted by Crippen LogP contribution is -2.18. The number of thiophene rings is 1. The molecule has 0 saturated heterocycles. The number of ether oxygens (including phenoxy) is 2. The molecule has 0 fully saturated rings. The highest BCUT2D eigenvalue weighted by Crippen LogP contribution is 2.38. The largest absolute Gasteiger partial charge is 0.481 e. The van der Waals surface area contributed by atoms with Gasteiger partial charge in [0.25, 0.3) is 0 Å².